The normalized spacial score (nSPS) is 4.57. The van der Waals surface area contributed by atoms with Gasteiger partial charge < -0.3 is 11.1 Å². The third-order valence-electron chi connectivity index (χ3n) is 0. The number of nitrogens with zero attached hydrogens (tertiary/aromatic N) is 3. The van der Waals surface area contributed by atoms with Gasteiger partial charge in [-0.1, -0.05) is 0 Å². The minimum Gasteiger partial charge on any atom is -0.373 e. The zero-order valence-electron chi connectivity index (χ0n) is 3.27. The fourth-order valence-corrected chi connectivity index (χ4v) is 0. The van der Waals surface area contributed by atoms with Crippen LogP contribution in [0.1, 0.15) is 0 Å². The smallest absolute Gasteiger partial charge is 0.157 e. The largest absolute Gasteiger partial charge is 0.373 e. The van der Waals surface area contributed by atoms with Gasteiger partial charge in [-0.2, -0.15) is 8.42 Å². The van der Waals surface area contributed by atoms with Crippen molar-refractivity contribution < 1.29 is 8.42 Å². The molecule has 0 bridgehead atoms. The molecule has 0 aromatic rings. The first-order chi connectivity index (χ1) is 3.15. The van der Waals surface area contributed by atoms with Crippen molar-refractivity contribution >= 4 is 18.7 Å². The molecule has 0 aromatic carbocycles. The van der Waals surface area contributed by atoms with Crippen molar-refractivity contribution in [3.8, 4) is 0 Å². The van der Waals surface area contributed by atoms with E-state index in [1.807, 2.05) is 0 Å². The SMILES string of the molecule is O=S(=O)=[SiH2].[N-]=[N+]=[N-]. The molecule has 0 rings (SSSR count). The first-order valence-electron chi connectivity index (χ1n) is 1.02. The summed E-state index contributed by atoms with van der Waals surface area (Å²) in [5.41, 5.74) is 13.5. The van der Waals surface area contributed by atoms with Crippen LogP contribution in [0, 0.1) is 0 Å². The molecule has 0 radical (unpaired) electrons. The highest BCUT2D eigenvalue weighted by atomic mass is 32.2. The average molecular weight is 136 g/mol. The third-order valence-corrected chi connectivity index (χ3v) is 0. The van der Waals surface area contributed by atoms with Gasteiger partial charge in [0.1, 0.15) is 8.95 Å². The molecule has 0 aliphatic carbocycles. The van der Waals surface area contributed by atoms with E-state index in [1.165, 1.54) is 4.91 Å². The van der Waals surface area contributed by atoms with Crippen molar-refractivity contribution in [2.75, 3.05) is 0 Å². The Hall–Kier alpha value is -0.653. The monoisotopic (exact) mass is 136 g/mol. The van der Waals surface area contributed by atoms with Crippen LogP contribution >= 0.6 is 0 Å². The van der Waals surface area contributed by atoms with E-state index in [1.54, 1.807) is 0 Å². The molecular formula is H2N3O2SSi-. The molecule has 0 N–H and O–H groups in total. The van der Waals surface area contributed by atoms with Gasteiger partial charge in [0.15, 0.2) is 9.70 Å². The predicted molar refractivity (Wildman–Crippen MR) is 27.5 cm³/mol. The fraction of sp³-hybridized carbons (Fsp3) is 0. The van der Waals surface area contributed by atoms with E-state index in [-0.39, 0.29) is 0 Å². The highest BCUT2D eigenvalue weighted by Crippen LogP contribution is 1.29. The summed E-state index contributed by atoms with van der Waals surface area (Å²) in [5.74, 6) is 0. The second-order valence-corrected chi connectivity index (χ2v) is 2.41. The zero-order chi connectivity index (χ0) is 6.28. The molecule has 40 valence electrons. The maximum absolute atomic E-state index is 9.01. The number of rotatable bonds is 0. The molecule has 0 aromatic heterocycles. The minimum absolute atomic E-state index is 0.920. The number of hydrogen-bond acceptors (Lipinski definition) is 2. The van der Waals surface area contributed by atoms with Crippen LogP contribution in [0.2, 0.25) is 0 Å². The van der Waals surface area contributed by atoms with E-state index >= 15 is 0 Å². The summed E-state index contributed by atoms with van der Waals surface area (Å²) in [5, 5.41) is 0. The van der Waals surface area contributed by atoms with E-state index in [9.17, 15) is 0 Å². The summed E-state index contributed by atoms with van der Waals surface area (Å²) < 4.78 is 18.0. The molecule has 0 heterocycles. The molecule has 7 heteroatoms. The zero-order valence-corrected chi connectivity index (χ0v) is 5.50. The Morgan fingerprint density at radius 2 is 1.43 bits per heavy atom. The van der Waals surface area contributed by atoms with Crippen molar-refractivity contribution in [2.24, 2.45) is 0 Å². The van der Waals surface area contributed by atoms with E-state index in [2.05, 4.69) is 0 Å². The minimum atomic E-state index is -1.83. The summed E-state index contributed by atoms with van der Waals surface area (Å²) in [4.78, 5) is 1.50. The quantitative estimate of drug-likeness (QED) is 0.190. The van der Waals surface area contributed by atoms with Crippen molar-refractivity contribution in [2.45, 2.75) is 0 Å². The summed E-state index contributed by atoms with van der Waals surface area (Å²) in [6.07, 6.45) is 0. The maximum atomic E-state index is 9.01. The molecule has 0 spiro atoms. The van der Waals surface area contributed by atoms with Gasteiger partial charge in [-0.15, -0.1) is 0 Å². The van der Waals surface area contributed by atoms with Gasteiger partial charge in [0.25, 0.3) is 0 Å². The summed E-state index contributed by atoms with van der Waals surface area (Å²) in [6.45, 7) is 0. The third kappa shape index (κ3) is 140. The van der Waals surface area contributed by atoms with Crippen LogP contribution in [-0.2, 0) is 9.70 Å². The lowest BCUT2D eigenvalue weighted by atomic mass is 13.0. The molecular weight excluding hydrogens is 134 g/mol. The van der Waals surface area contributed by atoms with Crippen LogP contribution in [0.5, 0.6) is 0 Å². The first-order valence-corrected chi connectivity index (χ1v) is 4.00. The van der Waals surface area contributed by atoms with Crippen LogP contribution in [0.4, 0.5) is 0 Å². The van der Waals surface area contributed by atoms with E-state index in [0.717, 1.165) is 8.95 Å². The maximum Gasteiger partial charge on any atom is 0.157 e. The van der Waals surface area contributed by atoms with Gasteiger partial charge in [-0.25, -0.2) is 0 Å². The lowest BCUT2D eigenvalue weighted by molar-refractivity contribution is 0.628. The lowest BCUT2D eigenvalue weighted by Crippen LogP contribution is -1.41. The van der Waals surface area contributed by atoms with E-state index < -0.39 is 9.70 Å². The Kier molecular flexibility index (Phi) is 12.4. The predicted octanol–water partition coefficient (Wildman–Crippen LogP) is -0.720. The molecule has 0 saturated heterocycles. The van der Waals surface area contributed by atoms with Gasteiger partial charge in [0.2, 0.25) is 0 Å². The highest BCUT2D eigenvalue weighted by molar-refractivity contribution is 7.76. The molecule has 0 fully saturated rings. The molecule has 0 aliphatic heterocycles. The average Bonchev–Trinajstić information content (AvgIpc) is 1.33. The van der Waals surface area contributed by atoms with Crippen molar-refractivity contribution in [1.29, 1.82) is 0 Å². The van der Waals surface area contributed by atoms with Crippen LogP contribution < -0.4 is 0 Å². The summed E-state index contributed by atoms with van der Waals surface area (Å²) >= 11 is 0. The Balaban J connectivity index is 0. The fourth-order valence-electron chi connectivity index (χ4n) is 0. The molecule has 0 unspecified atom stereocenters. The topological polar surface area (TPSA) is 92.8 Å². The molecule has 0 aliphatic rings. The Bertz CT molecular complexity index is 140. The summed E-state index contributed by atoms with van der Waals surface area (Å²) in [7, 11) is -0.914. The van der Waals surface area contributed by atoms with Gasteiger partial charge in [-0.3, -0.25) is 4.91 Å². The van der Waals surface area contributed by atoms with E-state index in [0.29, 0.717) is 0 Å². The first kappa shape index (κ1) is 9.60. The van der Waals surface area contributed by atoms with Gasteiger partial charge in [0, 0.05) is 0 Å². The Labute approximate surface area is 43.9 Å². The Morgan fingerprint density at radius 1 is 1.43 bits per heavy atom. The highest BCUT2D eigenvalue weighted by Gasteiger charge is 1.28. The van der Waals surface area contributed by atoms with Crippen molar-refractivity contribution in [3.05, 3.63) is 16.0 Å². The molecule has 7 heavy (non-hydrogen) atoms. The number of hydrogen-bond donors (Lipinski definition) is 0. The molecule has 0 saturated carbocycles. The lowest BCUT2D eigenvalue weighted by Gasteiger charge is -1.31. The molecule has 0 amide bonds. The molecule has 0 atom stereocenters. The van der Waals surface area contributed by atoms with Crippen molar-refractivity contribution in [1.82, 2.24) is 0 Å². The van der Waals surface area contributed by atoms with Crippen LogP contribution in [0.25, 0.3) is 16.0 Å². The molecule has 5 nitrogen and oxygen atoms in total. The van der Waals surface area contributed by atoms with Gasteiger partial charge in [-0.05, 0) is 0 Å². The van der Waals surface area contributed by atoms with Crippen molar-refractivity contribution in [3.63, 3.8) is 0 Å². The van der Waals surface area contributed by atoms with Gasteiger partial charge >= 0.3 is 0 Å². The Morgan fingerprint density at radius 3 is 1.43 bits per heavy atom. The van der Waals surface area contributed by atoms with E-state index in [4.69, 9.17) is 19.5 Å². The second kappa shape index (κ2) is 9.02. The standard InChI is InChI=1S/N3.H2O2SSi/c1-3-2;1-3(2)4/h;4H2/q-1;. The second-order valence-electron chi connectivity index (χ2n) is 0.393. The van der Waals surface area contributed by atoms with Crippen LogP contribution in [-0.4, -0.2) is 17.4 Å². The van der Waals surface area contributed by atoms with Gasteiger partial charge in [0.05, 0.1) is 0 Å². The summed E-state index contributed by atoms with van der Waals surface area (Å²) in [6, 6.07) is 0. The van der Waals surface area contributed by atoms with Crippen LogP contribution in [0.15, 0.2) is 0 Å². The van der Waals surface area contributed by atoms with Crippen LogP contribution in [0.3, 0.4) is 0 Å².